The Hall–Kier alpha value is -3.16. The predicted octanol–water partition coefficient (Wildman–Crippen LogP) is 4.54. The lowest BCUT2D eigenvalue weighted by molar-refractivity contribution is -0.432. The molecule has 0 atom stereocenters. The first kappa shape index (κ1) is 28.4. The fraction of sp³-hybridized carbons (Fsp3) is 0.150. The highest BCUT2D eigenvalue weighted by molar-refractivity contribution is 7.94. The molecule has 17 heteroatoms. The van der Waals surface area contributed by atoms with Crippen LogP contribution in [-0.2, 0) is 34.4 Å². The number of phenolic OH excluding ortho intramolecular Hbond substituents is 1. The Balaban J connectivity index is 2.35. The van der Waals surface area contributed by atoms with Crippen molar-refractivity contribution in [3.8, 4) is 5.75 Å². The minimum absolute atomic E-state index is 0.00763. The molecule has 0 bridgehead atoms. The van der Waals surface area contributed by atoms with E-state index in [2.05, 4.69) is 24.9 Å². The number of carbonyl (C=O) groups excluding carboxylic acids is 1. The number of anilines is 1. The quantitative estimate of drug-likeness (QED) is 0.0782. The summed E-state index contributed by atoms with van der Waals surface area (Å²) in [7, 11) is -9.43. The Morgan fingerprint density at radius 1 is 1.05 bits per heavy atom. The third-order valence-electron chi connectivity index (χ3n) is 4.82. The summed E-state index contributed by atoms with van der Waals surface area (Å²) >= 11 is 0.309. The Kier molecular flexibility index (Phi) is 8.50. The van der Waals surface area contributed by atoms with Crippen molar-refractivity contribution < 1.29 is 50.5 Å². The van der Waals surface area contributed by atoms with Crippen molar-refractivity contribution in [1.29, 1.82) is 0 Å². The minimum atomic E-state index is -4.74. The first-order chi connectivity index (χ1) is 17.3. The summed E-state index contributed by atoms with van der Waals surface area (Å²) < 4.78 is 70.5. The third kappa shape index (κ3) is 6.59. The molecule has 3 aromatic rings. The Morgan fingerprint density at radius 3 is 2.35 bits per heavy atom. The lowest BCUT2D eigenvalue weighted by Gasteiger charge is -2.14. The number of nitrogens with one attached hydrogen (secondary N) is 1. The lowest BCUT2D eigenvalue weighted by atomic mass is 10.1. The second-order valence-corrected chi connectivity index (χ2v) is 10.9. The van der Waals surface area contributed by atoms with Gasteiger partial charge in [-0.15, -0.1) is 14.6 Å². The number of amides is 1. The number of aryl methyl sites for hydroxylation is 1. The average molecular weight is 574 g/mol. The van der Waals surface area contributed by atoms with Crippen molar-refractivity contribution in [2.75, 3.05) is 5.32 Å². The van der Waals surface area contributed by atoms with E-state index >= 15 is 0 Å². The number of fused-ring (bicyclic) bond motifs is 1. The summed E-state index contributed by atoms with van der Waals surface area (Å²) in [5.41, 5.74) is -0.281. The minimum Gasteiger partial charge on any atom is -0.505 e. The zero-order valence-electron chi connectivity index (χ0n) is 18.9. The van der Waals surface area contributed by atoms with Crippen LogP contribution in [-0.4, -0.2) is 42.2 Å². The van der Waals surface area contributed by atoms with Crippen LogP contribution in [0.5, 0.6) is 5.75 Å². The second kappa shape index (κ2) is 11.1. The molecule has 37 heavy (non-hydrogen) atoms. The van der Waals surface area contributed by atoms with E-state index < -0.39 is 41.7 Å². The largest absolute Gasteiger partial charge is 0.505 e. The Labute approximate surface area is 214 Å². The number of rotatable bonds is 9. The van der Waals surface area contributed by atoms with Gasteiger partial charge in [-0.3, -0.25) is 13.9 Å². The van der Waals surface area contributed by atoms with Gasteiger partial charge in [-0.1, -0.05) is 18.0 Å². The molecule has 3 rings (SSSR count). The Bertz CT molecular complexity index is 1620. The van der Waals surface area contributed by atoms with Crippen molar-refractivity contribution in [2.24, 2.45) is 10.2 Å². The summed E-state index contributed by atoms with van der Waals surface area (Å²) in [5.74, 6) is -1.22. The molecule has 0 aliphatic carbocycles. The van der Waals surface area contributed by atoms with Gasteiger partial charge in [-0.05, 0) is 48.2 Å². The van der Waals surface area contributed by atoms with Gasteiger partial charge in [0.25, 0.3) is 20.2 Å². The van der Waals surface area contributed by atoms with E-state index in [0.29, 0.717) is 17.6 Å². The monoisotopic (exact) mass is 573 g/mol. The third-order valence-corrected chi connectivity index (χ3v) is 7.17. The standard InChI is InChI=1S/C20H19N3O11S3/c1-3-17(24)21-14-9-12(36(27,28)29)7-11-8-15(35-34-33-26)19(20(25)18(11)14)23-22-13-6-10(2)4-5-16(13)37(30,31)32/h4-9,25-26H,3H2,1-2H3,(H,21,24)(H,27,28,29)(H,30,31,32). The zero-order chi connectivity index (χ0) is 27.5. The van der Waals surface area contributed by atoms with E-state index in [1.54, 1.807) is 6.92 Å². The summed E-state index contributed by atoms with van der Waals surface area (Å²) in [5, 5.41) is 33.3. The van der Waals surface area contributed by atoms with Crippen molar-refractivity contribution in [1.82, 2.24) is 0 Å². The van der Waals surface area contributed by atoms with Crippen LogP contribution in [0.25, 0.3) is 10.8 Å². The van der Waals surface area contributed by atoms with Crippen LogP contribution in [0.15, 0.2) is 61.3 Å². The first-order valence-electron chi connectivity index (χ1n) is 10.0. The molecular weight excluding hydrogens is 554 g/mol. The van der Waals surface area contributed by atoms with Crippen LogP contribution in [0, 0.1) is 6.92 Å². The summed E-state index contributed by atoms with van der Waals surface area (Å²) in [6.45, 7) is 3.16. The second-order valence-electron chi connectivity index (χ2n) is 7.39. The van der Waals surface area contributed by atoms with Gasteiger partial charge >= 0.3 is 0 Å². The predicted molar refractivity (Wildman–Crippen MR) is 130 cm³/mol. The number of benzene rings is 3. The zero-order valence-corrected chi connectivity index (χ0v) is 21.4. The first-order valence-corrected chi connectivity index (χ1v) is 13.6. The number of hydrogen-bond donors (Lipinski definition) is 5. The maximum absolute atomic E-state index is 12.1. The van der Waals surface area contributed by atoms with Crippen molar-refractivity contribution in [2.45, 2.75) is 35.0 Å². The molecule has 0 aromatic heterocycles. The van der Waals surface area contributed by atoms with E-state index in [1.807, 2.05) is 0 Å². The van der Waals surface area contributed by atoms with E-state index in [0.717, 1.165) is 18.2 Å². The fourth-order valence-corrected chi connectivity index (χ4v) is 4.83. The molecule has 0 saturated carbocycles. The van der Waals surface area contributed by atoms with Gasteiger partial charge in [0, 0.05) is 11.8 Å². The van der Waals surface area contributed by atoms with Gasteiger partial charge in [-0.25, -0.2) is 5.26 Å². The maximum Gasteiger partial charge on any atom is 0.296 e. The van der Waals surface area contributed by atoms with Gasteiger partial charge in [0.1, 0.15) is 16.3 Å². The van der Waals surface area contributed by atoms with E-state index in [4.69, 9.17) is 5.26 Å². The molecule has 0 spiro atoms. The maximum atomic E-state index is 12.1. The van der Waals surface area contributed by atoms with Crippen LogP contribution in [0.4, 0.5) is 17.1 Å². The van der Waals surface area contributed by atoms with Crippen molar-refractivity contribution in [3.63, 3.8) is 0 Å². The number of carbonyl (C=O) groups is 1. The summed E-state index contributed by atoms with van der Waals surface area (Å²) in [4.78, 5) is 10.8. The smallest absolute Gasteiger partial charge is 0.296 e. The van der Waals surface area contributed by atoms with Crippen LogP contribution in [0.3, 0.4) is 0 Å². The molecule has 0 aliphatic heterocycles. The molecule has 198 valence electrons. The highest BCUT2D eigenvalue weighted by atomic mass is 32.2. The molecule has 5 N–H and O–H groups in total. The fourth-order valence-electron chi connectivity index (χ4n) is 3.19. The van der Waals surface area contributed by atoms with E-state index in [-0.39, 0.29) is 39.2 Å². The number of azo groups is 1. The number of aromatic hydroxyl groups is 1. The van der Waals surface area contributed by atoms with Gasteiger partial charge in [0.05, 0.1) is 27.5 Å². The van der Waals surface area contributed by atoms with Crippen molar-refractivity contribution >= 4 is 66.0 Å². The molecule has 3 aromatic carbocycles. The van der Waals surface area contributed by atoms with Crippen LogP contribution >= 0.6 is 12.0 Å². The normalized spacial score (nSPS) is 12.4. The van der Waals surface area contributed by atoms with Gasteiger partial charge in [0.2, 0.25) is 5.91 Å². The van der Waals surface area contributed by atoms with Gasteiger partial charge in [0.15, 0.2) is 5.75 Å². The lowest BCUT2D eigenvalue weighted by Crippen LogP contribution is -2.11. The average Bonchev–Trinajstić information content (AvgIpc) is 2.80. The molecular formula is C20H19N3O11S3. The van der Waals surface area contributed by atoms with Crippen LogP contribution < -0.4 is 5.32 Å². The summed E-state index contributed by atoms with van der Waals surface area (Å²) in [6.07, 6.45) is -0.00763. The molecule has 0 saturated heterocycles. The Morgan fingerprint density at radius 2 is 1.76 bits per heavy atom. The molecule has 1 amide bonds. The number of hydrogen-bond acceptors (Lipinski definition) is 12. The number of nitrogens with zero attached hydrogens (tertiary/aromatic N) is 2. The highest BCUT2D eigenvalue weighted by Crippen LogP contribution is 2.47. The van der Waals surface area contributed by atoms with E-state index in [1.165, 1.54) is 25.1 Å². The molecule has 0 fully saturated rings. The highest BCUT2D eigenvalue weighted by Gasteiger charge is 2.22. The molecule has 0 radical (unpaired) electrons. The van der Waals surface area contributed by atoms with E-state index in [9.17, 15) is 35.8 Å². The summed E-state index contributed by atoms with van der Waals surface area (Å²) in [6, 6.07) is 6.95. The molecule has 14 nitrogen and oxygen atoms in total. The van der Waals surface area contributed by atoms with Crippen LogP contribution in [0.1, 0.15) is 18.9 Å². The number of phenols is 1. The van der Waals surface area contributed by atoms with Crippen molar-refractivity contribution in [3.05, 3.63) is 42.0 Å². The topological polar surface area (TPSA) is 221 Å². The molecule has 0 aliphatic rings. The van der Waals surface area contributed by atoms with Gasteiger partial charge < -0.3 is 10.4 Å². The van der Waals surface area contributed by atoms with Gasteiger partial charge in [-0.2, -0.15) is 16.8 Å². The van der Waals surface area contributed by atoms with Crippen LogP contribution in [0.2, 0.25) is 0 Å². The molecule has 0 unspecified atom stereocenters. The molecule has 0 heterocycles. The SMILES string of the molecule is CCC(=O)Nc1cc(S(=O)(=O)O)cc2cc(SOOO)c(N=Nc3cc(C)ccc3S(=O)(=O)O)c(O)c12.